The van der Waals surface area contributed by atoms with E-state index in [1.807, 2.05) is 55.5 Å². The molecule has 2 atom stereocenters. The van der Waals surface area contributed by atoms with E-state index in [-0.39, 0.29) is 17.9 Å². The van der Waals surface area contributed by atoms with E-state index in [1.165, 1.54) is 5.69 Å². The number of carbonyl (C=O) groups excluding carboxylic acids is 1. The topological polar surface area (TPSA) is 58.4 Å². The first kappa shape index (κ1) is 18.0. The normalized spacial score (nSPS) is 13.1. The summed E-state index contributed by atoms with van der Waals surface area (Å²) in [6.45, 7) is 3.42. The summed E-state index contributed by atoms with van der Waals surface area (Å²) >= 11 is 0. The van der Waals surface area contributed by atoms with Crippen molar-refractivity contribution in [3.8, 4) is 0 Å². The van der Waals surface area contributed by atoms with Crippen LogP contribution in [0.2, 0.25) is 0 Å². The summed E-state index contributed by atoms with van der Waals surface area (Å²) < 4.78 is 0. The van der Waals surface area contributed by atoms with Gasteiger partial charge in [-0.15, -0.1) is 0 Å². The maximum atomic E-state index is 12.3. The van der Waals surface area contributed by atoms with Gasteiger partial charge < -0.3 is 16.0 Å². The van der Waals surface area contributed by atoms with Crippen LogP contribution in [0, 0.1) is 5.92 Å². The van der Waals surface area contributed by atoms with Crippen LogP contribution in [-0.4, -0.2) is 26.0 Å². The molecule has 0 aromatic heterocycles. The third kappa shape index (κ3) is 5.10. The summed E-state index contributed by atoms with van der Waals surface area (Å²) in [7, 11) is 2.06. The quantitative estimate of drug-likeness (QED) is 0.734. The molecule has 128 valence electrons. The van der Waals surface area contributed by atoms with Gasteiger partial charge in [0.05, 0.1) is 5.92 Å². The zero-order chi connectivity index (χ0) is 17.4. The second-order valence-electron chi connectivity index (χ2n) is 6.13. The van der Waals surface area contributed by atoms with E-state index < -0.39 is 0 Å². The van der Waals surface area contributed by atoms with E-state index in [4.69, 9.17) is 5.73 Å². The second-order valence-corrected chi connectivity index (χ2v) is 6.13. The molecule has 3 N–H and O–H groups in total. The van der Waals surface area contributed by atoms with Gasteiger partial charge in [0.25, 0.3) is 0 Å². The van der Waals surface area contributed by atoms with Crippen LogP contribution >= 0.6 is 0 Å². The van der Waals surface area contributed by atoms with E-state index in [9.17, 15) is 4.79 Å². The number of benzene rings is 2. The monoisotopic (exact) mass is 325 g/mol. The van der Waals surface area contributed by atoms with Crippen LogP contribution in [0.4, 0.5) is 5.69 Å². The lowest BCUT2D eigenvalue weighted by Crippen LogP contribution is -2.36. The second kappa shape index (κ2) is 9.08. The lowest BCUT2D eigenvalue weighted by atomic mass is 9.95. The van der Waals surface area contributed by atoms with Gasteiger partial charge in [0, 0.05) is 31.9 Å². The summed E-state index contributed by atoms with van der Waals surface area (Å²) in [5.74, 6) is -0.243. The van der Waals surface area contributed by atoms with Crippen LogP contribution in [0.5, 0.6) is 0 Å². The number of hydrogen-bond donors (Lipinski definition) is 2. The molecule has 0 aliphatic heterocycles. The first-order valence-corrected chi connectivity index (χ1v) is 8.44. The molecule has 4 heteroatoms. The number of anilines is 1. The van der Waals surface area contributed by atoms with E-state index in [2.05, 4.69) is 29.4 Å². The van der Waals surface area contributed by atoms with Crippen molar-refractivity contribution in [1.29, 1.82) is 0 Å². The zero-order valence-corrected chi connectivity index (χ0v) is 14.5. The molecule has 0 spiro atoms. The average molecular weight is 325 g/mol. The van der Waals surface area contributed by atoms with Gasteiger partial charge in [0.1, 0.15) is 0 Å². The van der Waals surface area contributed by atoms with E-state index >= 15 is 0 Å². The fourth-order valence-corrected chi connectivity index (χ4v) is 2.63. The smallest absolute Gasteiger partial charge is 0.224 e. The van der Waals surface area contributed by atoms with E-state index in [0.29, 0.717) is 6.54 Å². The third-order valence-corrected chi connectivity index (χ3v) is 4.30. The van der Waals surface area contributed by atoms with Crippen molar-refractivity contribution >= 4 is 11.6 Å². The van der Waals surface area contributed by atoms with Crippen molar-refractivity contribution in [2.75, 3.05) is 25.0 Å². The molecule has 2 aromatic rings. The Kier molecular flexibility index (Phi) is 6.82. The molecule has 0 aliphatic rings. The number of nitrogens with zero attached hydrogens (tertiary/aromatic N) is 1. The highest BCUT2D eigenvalue weighted by Gasteiger charge is 2.21. The SMILES string of the molecule is CC(C(=O)NCCCN(C)c1ccccc1)C(N)c1ccccc1. The molecule has 2 rings (SSSR count). The summed E-state index contributed by atoms with van der Waals surface area (Å²) in [5.41, 5.74) is 8.37. The molecule has 0 saturated carbocycles. The Balaban J connectivity index is 1.73. The molecule has 0 aliphatic carbocycles. The van der Waals surface area contributed by atoms with Crippen molar-refractivity contribution in [2.24, 2.45) is 11.7 Å². The standard InChI is InChI=1S/C20H27N3O/c1-16(19(21)17-10-5-3-6-11-17)20(24)22-14-9-15-23(2)18-12-7-4-8-13-18/h3-8,10-13,16,19H,9,14-15,21H2,1-2H3,(H,22,24). The molecule has 24 heavy (non-hydrogen) atoms. The molecule has 0 saturated heterocycles. The highest BCUT2D eigenvalue weighted by atomic mass is 16.1. The third-order valence-electron chi connectivity index (χ3n) is 4.30. The van der Waals surface area contributed by atoms with Crippen molar-refractivity contribution < 1.29 is 4.79 Å². The zero-order valence-electron chi connectivity index (χ0n) is 14.5. The number of hydrogen-bond acceptors (Lipinski definition) is 3. The lowest BCUT2D eigenvalue weighted by molar-refractivity contribution is -0.125. The van der Waals surface area contributed by atoms with Crippen LogP contribution in [0.3, 0.4) is 0 Å². The molecule has 2 aromatic carbocycles. The van der Waals surface area contributed by atoms with Crippen LogP contribution in [0.25, 0.3) is 0 Å². The Labute approximate surface area is 144 Å². The fourth-order valence-electron chi connectivity index (χ4n) is 2.63. The summed E-state index contributed by atoms with van der Waals surface area (Å²) in [4.78, 5) is 14.5. The predicted octanol–water partition coefficient (Wildman–Crippen LogP) is 2.97. The van der Waals surface area contributed by atoms with Gasteiger partial charge in [-0.25, -0.2) is 0 Å². The molecule has 1 amide bonds. The van der Waals surface area contributed by atoms with Crippen molar-refractivity contribution in [2.45, 2.75) is 19.4 Å². The molecule has 2 unspecified atom stereocenters. The van der Waals surface area contributed by atoms with Gasteiger partial charge >= 0.3 is 0 Å². The predicted molar refractivity (Wildman–Crippen MR) is 99.9 cm³/mol. The fraction of sp³-hybridized carbons (Fsp3) is 0.350. The largest absolute Gasteiger partial charge is 0.375 e. The minimum absolute atomic E-state index is 0.00807. The van der Waals surface area contributed by atoms with Gasteiger partial charge in [-0.1, -0.05) is 55.5 Å². The van der Waals surface area contributed by atoms with Gasteiger partial charge in [-0.05, 0) is 24.1 Å². The van der Waals surface area contributed by atoms with Crippen LogP contribution < -0.4 is 16.0 Å². The minimum Gasteiger partial charge on any atom is -0.375 e. The Morgan fingerprint density at radius 3 is 2.29 bits per heavy atom. The molecule has 0 bridgehead atoms. The van der Waals surface area contributed by atoms with Crippen molar-refractivity contribution in [3.63, 3.8) is 0 Å². The molecule has 0 radical (unpaired) electrons. The van der Waals surface area contributed by atoms with Gasteiger partial charge in [-0.2, -0.15) is 0 Å². The molecular weight excluding hydrogens is 298 g/mol. The number of para-hydroxylation sites is 1. The highest BCUT2D eigenvalue weighted by Crippen LogP contribution is 2.19. The highest BCUT2D eigenvalue weighted by molar-refractivity contribution is 5.79. The Hall–Kier alpha value is -2.33. The van der Waals surface area contributed by atoms with E-state index in [0.717, 1.165) is 18.5 Å². The van der Waals surface area contributed by atoms with E-state index in [1.54, 1.807) is 0 Å². The van der Waals surface area contributed by atoms with Crippen molar-refractivity contribution in [3.05, 3.63) is 66.2 Å². The first-order chi connectivity index (χ1) is 11.6. The maximum absolute atomic E-state index is 12.3. The van der Waals surface area contributed by atoms with Gasteiger partial charge in [0.15, 0.2) is 0 Å². The number of rotatable bonds is 8. The Bertz CT molecular complexity index is 615. The number of nitrogens with two attached hydrogens (primary N) is 1. The number of carbonyl (C=O) groups is 1. The molecule has 0 fully saturated rings. The molecule has 0 heterocycles. The van der Waals surface area contributed by atoms with Gasteiger partial charge in [-0.3, -0.25) is 4.79 Å². The summed E-state index contributed by atoms with van der Waals surface area (Å²) in [6.07, 6.45) is 0.893. The molecular formula is C20H27N3O. The van der Waals surface area contributed by atoms with Crippen LogP contribution in [0.15, 0.2) is 60.7 Å². The Morgan fingerprint density at radius 2 is 1.67 bits per heavy atom. The maximum Gasteiger partial charge on any atom is 0.224 e. The summed E-state index contributed by atoms with van der Waals surface area (Å²) in [5, 5.41) is 2.99. The van der Waals surface area contributed by atoms with Gasteiger partial charge in [0.2, 0.25) is 5.91 Å². The van der Waals surface area contributed by atoms with Crippen LogP contribution in [0.1, 0.15) is 24.9 Å². The Morgan fingerprint density at radius 1 is 1.08 bits per heavy atom. The lowest BCUT2D eigenvalue weighted by Gasteiger charge is -2.21. The van der Waals surface area contributed by atoms with Crippen LogP contribution in [-0.2, 0) is 4.79 Å². The first-order valence-electron chi connectivity index (χ1n) is 8.44. The minimum atomic E-state index is -0.279. The summed E-state index contributed by atoms with van der Waals surface area (Å²) in [6, 6.07) is 19.7. The molecule has 4 nitrogen and oxygen atoms in total. The average Bonchev–Trinajstić information content (AvgIpc) is 2.65. The number of amides is 1. The van der Waals surface area contributed by atoms with Crippen molar-refractivity contribution in [1.82, 2.24) is 5.32 Å². The number of nitrogens with one attached hydrogen (secondary N) is 1.